The molecule has 0 radical (unpaired) electrons. The second-order valence-electron chi connectivity index (χ2n) is 8.63. The molecule has 1 aromatic carbocycles. The number of amides is 1. The monoisotopic (exact) mass is 472 g/mol. The number of benzene rings is 1. The third-order valence-electron chi connectivity index (χ3n) is 6.02. The molecule has 11 heteroatoms. The minimum absolute atomic E-state index is 0.118. The van der Waals surface area contributed by atoms with Gasteiger partial charge in [0.15, 0.2) is 9.84 Å². The average molecular weight is 473 g/mol. The van der Waals surface area contributed by atoms with Gasteiger partial charge in [-0.25, -0.2) is 23.4 Å². The maximum atomic E-state index is 12.3. The molecule has 4 rings (SSSR count). The molecule has 3 aromatic rings. The smallest absolute Gasteiger partial charge is 0.254 e. The lowest BCUT2D eigenvalue weighted by Gasteiger charge is -2.38. The molecule has 0 saturated carbocycles. The van der Waals surface area contributed by atoms with Gasteiger partial charge in [-0.1, -0.05) is 13.8 Å². The number of aliphatic hydroxyl groups excluding tert-OH is 1. The minimum Gasteiger partial charge on any atom is -0.392 e. The Kier molecular flexibility index (Phi) is 5.87. The SMILES string of the molecule is CNC(=O)c1cnc(N2CCn3c(nc4cc(CO)c(S(C)(=O)=O)cc43)[C@@H]2C(C)C)nc1C. The number of hydrogen-bond acceptors (Lipinski definition) is 8. The zero-order valence-electron chi connectivity index (χ0n) is 19.3. The zero-order valence-corrected chi connectivity index (χ0v) is 20.1. The first-order valence-electron chi connectivity index (χ1n) is 10.7. The first-order chi connectivity index (χ1) is 15.6. The van der Waals surface area contributed by atoms with Gasteiger partial charge < -0.3 is 19.9 Å². The number of carbonyl (C=O) groups excluding carboxylic acids is 1. The van der Waals surface area contributed by atoms with E-state index < -0.39 is 9.84 Å². The molecule has 0 spiro atoms. The van der Waals surface area contributed by atoms with Gasteiger partial charge in [0.25, 0.3) is 5.91 Å². The molecule has 10 nitrogen and oxygen atoms in total. The van der Waals surface area contributed by atoms with Crippen LogP contribution in [0, 0.1) is 12.8 Å². The summed E-state index contributed by atoms with van der Waals surface area (Å²) in [6.45, 7) is 6.72. The lowest BCUT2D eigenvalue weighted by molar-refractivity contribution is 0.0961. The van der Waals surface area contributed by atoms with Gasteiger partial charge >= 0.3 is 0 Å². The molecule has 0 unspecified atom stereocenters. The number of rotatable bonds is 5. The van der Waals surface area contributed by atoms with E-state index in [0.717, 1.165) is 17.6 Å². The van der Waals surface area contributed by atoms with E-state index in [4.69, 9.17) is 4.98 Å². The number of nitrogens with one attached hydrogen (secondary N) is 1. The van der Waals surface area contributed by atoms with Crippen LogP contribution in [0.4, 0.5) is 5.95 Å². The van der Waals surface area contributed by atoms with E-state index in [1.54, 1.807) is 26.1 Å². The van der Waals surface area contributed by atoms with Crippen LogP contribution in [-0.2, 0) is 23.0 Å². The number of fused-ring (bicyclic) bond motifs is 3. The zero-order chi connectivity index (χ0) is 24.1. The molecule has 2 N–H and O–H groups in total. The van der Waals surface area contributed by atoms with Crippen LogP contribution in [0.25, 0.3) is 11.0 Å². The fourth-order valence-electron chi connectivity index (χ4n) is 4.46. The van der Waals surface area contributed by atoms with Gasteiger partial charge in [0.2, 0.25) is 5.95 Å². The van der Waals surface area contributed by atoms with Gasteiger partial charge in [0.05, 0.1) is 39.8 Å². The molecule has 1 atom stereocenters. The van der Waals surface area contributed by atoms with Crippen LogP contribution in [0.15, 0.2) is 23.2 Å². The van der Waals surface area contributed by atoms with Crippen LogP contribution in [-0.4, -0.2) is 58.8 Å². The largest absolute Gasteiger partial charge is 0.392 e. The molecule has 1 amide bonds. The summed E-state index contributed by atoms with van der Waals surface area (Å²) in [6.07, 6.45) is 2.68. The Morgan fingerprint density at radius 3 is 2.58 bits per heavy atom. The molecule has 33 heavy (non-hydrogen) atoms. The van der Waals surface area contributed by atoms with Crippen LogP contribution in [0.3, 0.4) is 0 Å². The Morgan fingerprint density at radius 2 is 2.00 bits per heavy atom. The van der Waals surface area contributed by atoms with Gasteiger partial charge in [-0.3, -0.25) is 4.79 Å². The number of aryl methyl sites for hydroxylation is 1. The van der Waals surface area contributed by atoms with E-state index in [2.05, 4.69) is 34.0 Å². The maximum Gasteiger partial charge on any atom is 0.254 e. The van der Waals surface area contributed by atoms with Crippen LogP contribution in [0.2, 0.25) is 0 Å². The fraction of sp³-hybridized carbons (Fsp3) is 0.455. The van der Waals surface area contributed by atoms with Crippen molar-refractivity contribution in [3.8, 4) is 0 Å². The Labute approximate surface area is 192 Å². The fourth-order valence-corrected chi connectivity index (χ4v) is 5.39. The highest BCUT2D eigenvalue weighted by Crippen LogP contribution is 2.37. The maximum absolute atomic E-state index is 12.3. The Hall–Kier alpha value is -3.05. The normalized spacial score (nSPS) is 16.3. The molecular formula is C22H28N6O4S. The Morgan fingerprint density at radius 1 is 1.27 bits per heavy atom. The van der Waals surface area contributed by atoms with Gasteiger partial charge in [0.1, 0.15) is 5.82 Å². The number of hydrogen-bond donors (Lipinski definition) is 2. The van der Waals surface area contributed by atoms with Crippen molar-refractivity contribution in [3.05, 3.63) is 41.0 Å². The molecule has 0 saturated heterocycles. The molecule has 176 valence electrons. The minimum atomic E-state index is -3.51. The van der Waals surface area contributed by atoms with Crippen LogP contribution in [0.1, 0.15) is 47.3 Å². The highest BCUT2D eigenvalue weighted by molar-refractivity contribution is 7.90. The standard InChI is InChI=1S/C22H28N6O4S/c1-12(2)19-20-26-16-8-14(11-29)18(33(5,31)32)9-17(16)27(20)6-7-28(19)22-24-10-15(13(3)25-22)21(30)23-4/h8-10,12,19,29H,6-7,11H2,1-5H3,(H,23,30)/t19-/m0/s1. The molecule has 1 aliphatic heterocycles. The summed E-state index contributed by atoms with van der Waals surface area (Å²) in [7, 11) is -1.94. The topological polar surface area (TPSA) is 130 Å². The second-order valence-corrected chi connectivity index (χ2v) is 10.6. The third kappa shape index (κ3) is 3.95. The number of sulfone groups is 1. The summed E-state index contributed by atoms with van der Waals surface area (Å²) >= 11 is 0. The van der Waals surface area contributed by atoms with E-state index in [-0.39, 0.29) is 29.4 Å². The molecular weight excluding hydrogens is 444 g/mol. The molecule has 3 heterocycles. The summed E-state index contributed by atoms with van der Waals surface area (Å²) in [5.41, 5.74) is 2.71. The van der Waals surface area contributed by atoms with Crippen LogP contribution < -0.4 is 10.2 Å². The highest BCUT2D eigenvalue weighted by Gasteiger charge is 2.35. The van der Waals surface area contributed by atoms with Gasteiger partial charge in [-0.2, -0.15) is 0 Å². The first kappa shape index (κ1) is 23.1. The van der Waals surface area contributed by atoms with E-state index in [9.17, 15) is 18.3 Å². The quantitative estimate of drug-likeness (QED) is 0.573. The number of aromatic nitrogens is 4. The molecule has 0 aliphatic carbocycles. The summed E-state index contributed by atoms with van der Waals surface area (Å²) in [6, 6.07) is 3.10. The van der Waals surface area contributed by atoms with Crippen molar-refractivity contribution in [2.24, 2.45) is 5.92 Å². The summed E-state index contributed by atoms with van der Waals surface area (Å²) < 4.78 is 26.6. The molecule has 1 aliphatic rings. The first-order valence-corrected chi connectivity index (χ1v) is 12.6. The van der Waals surface area contributed by atoms with Crippen molar-refractivity contribution < 1.29 is 18.3 Å². The lowest BCUT2D eigenvalue weighted by atomic mass is 10.00. The predicted molar refractivity (Wildman–Crippen MR) is 124 cm³/mol. The van der Waals surface area contributed by atoms with Gasteiger partial charge in [0, 0.05) is 32.6 Å². The van der Waals surface area contributed by atoms with Crippen LogP contribution in [0.5, 0.6) is 0 Å². The van der Waals surface area contributed by atoms with Crippen molar-refractivity contribution in [1.29, 1.82) is 0 Å². The van der Waals surface area contributed by atoms with Crippen molar-refractivity contribution >= 4 is 32.7 Å². The Bertz CT molecular complexity index is 1350. The van der Waals surface area contributed by atoms with Gasteiger partial charge in [-0.05, 0) is 30.5 Å². The number of imidazole rings is 1. The van der Waals surface area contributed by atoms with Crippen molar-refractivity contribution in [1.82, 2.24) is 24.8 Å². The predicted octanol–water partition coefficient (Wildman–Crippen LogP) is 1.61. The molecule has 0 bridgehead atoms. The summed E-state index contributed by atoms with van der Waals surface area (Å²) in [5.74, 6) is 1.22. The number of nitrogens with zero attached hydrogens (tertiary/aromatic N) is 5. The second kappa shape index (κ2) is 8.38. The molecule has 2 aromatic heterocycles. The van der Waals surface area contributed by atoms with Crippen molar-refractivity contribution in [2.75, 3.05) is 24.7 Å². The summed E-state index contributed by atoms with van der Waals surface area (Å²) in [5, 5.41) is 12.3. The number of carbonyl (C=O) groups is 1. The van der Waals surface area contributed by atoms with E-state index in [1.807, 2.05) is 4.57 Å². The average Bonchev–Trinajstić information content (AvgIpc) is 3.13. The van der Waals surface area contributed by atoms with E-state index in [1.165, 1.54) is 6.20 Å². The highest BCUT2D eigenvalue weighted by atomic mass is 32.2. The third-order valence-corrected chi connectivity index (χ3v) is 7.20. The van der Waals surface area contributed by atoms with Gasteiger partial charge in [-0.15, -0.1) is 0 Å². The lowest BCUT2D eigenvalue weighted by Crippen LogP contribution is -2.42. The number of aliphatic hydroxyl groups is 1. The van der Waals surface area contributed by atoms with E-state index >= 15 is 0 Å². The number of anilines is 1. The summed E-state index contributed by atoms with van der Waals surface area (Å²) in [4.78, 5) is 28.1. The van der Waals surface area contributed by atoms with Crippen molar-refractivity contribution in [3.63, 3.8) is 0 Å². The van der Waals surface area contributed by atoms with Crippen molar-refractivity contribution in [2.45, 2.75) is 44.9 Å². The van der Waals surface area contributed by atoms with E-state index in [0.29, 0.717) is 41.4 Å². The van der Waals surface area contributed by atoms with Crippen LogP contribution >= 0.6 is 0 Å². The molecule has 0 fully saturated rings. The Balaban J connectivity index is 1.84.